The zero-order valence-electron chi connectivity index (χ0n) is 9.58. The molecule has 0 atom stereocenters. The number of benzene rings is 2. The van der Waals surface area contributed by atoms with Crippen LogP contribution in [0.25, 0.3) is 0 Å². The van der Waals surface area contributed by atoms with E-state index in [1.807, 2.05) is 13.0 Å². The van der Waals surface area contributed by atoms with E-state index in [9.17, 15) is 8.78 Å². The van der Waals surface area contributed by atoms with Crippen molar-refractivity contribution >= 4 is 0 Å². The molecule has 0 amide bonds. The van der Waals surface area contributed by atoms with E-state index < -0.39 is 17.4 Å². The first-order valence-corrected chi connectivity index (χ1v) is 5.24. The second-order valence-corrected chi connectivity index (χ2v) is 3.80. The van der Waals surface area contributed by atoms with Gasteiger partial charge in [0.2, 0.25) is 0 Å². The first-order chi connectivity index (χ1) is 8.60. The van der Waals surface area contributed by atoms with Gasteiger partial charge in [-0.15, -0.1) is 0 Å². The lowest BCUT2D eigenvalue weighted by molar-refractivity contribution is 0.407. The van der Waals surface area contributed by atoms with Crippen LogP contribution in [0.4, 0.5) is 8.78 Å². The minimum Gasteiger partial charge on any atom is -0.451 e. The van der Waals surface area contributed by atoms with Crippen LogP contribution in [0.2, 0.25) is 0 Å². The summed E-state index contributed by atoms with van der Waals surface area (Å²) in [6.45, 7) is 1.85. The summed E-state index contributed by atoms with van der Waals surface area (Å²) < 4.78 is 32.3. The largest absolute Gasteiger partial charge is 0.451 e. The Morgan fingerprint density at radius 3 is 2.33 bits per heavy atom. The third-order valence-electron chi connectivity index (χ3n) is 2.34. The molecule has 0 radical (unpaired) electrons. The lowest BCUT2D eigenvalue weighted by Gasteiger charge is -2.08. The molecule has 0 N–H and O–H groups in total. The van der Waals surface area contributed by atoms with Crippen LogP contribution in [0.3, 0.4) is 0 Å². The highest BCUT2D eigenvalue weighted by Crippen LogP contribution is 2.28. The number of ether oxygens (including phenoxy) is 1. The molecule has 0 saturated heterocycles. The normalized spacial score (nSPS) is 9.89. The molecule has 0 aliphatic heterocycles. The van der Waals surface area contributed by atoms with E-state index in [-0.39, 0.29) is 5.56 Å². The molecule has 0 fully saturated rings. The maximum absolute atomic E-state index is 13.6. The first kappa shape index (κ1) is 12.1. The molecule has 4 heteroatoms. The maximum Gasteiger partial charge on any atom is 0.198 e. The van der Waals surface area contributed by atoms with Crippen molar-refractivity contribution in [2.24, 2.45) is 0 Å². The number of hydrogen-bond donors (Lipinski definition) is 0. The number of nitriles is 1. The molecule has 2 nitrogen and oxygen atoms in total. The molecule has 0 bridgehead atoms. The van der Waals surface area contributed by atoms with E-state index in [2.05, 4.69) is 0 Å². The van der Waals surface area contributed by atoms with Crippen LogP contribution in [0.1, 0.15) is 11.1 Å². The van der Waals surface area contributed by atoms with E-state index >= 15 is 0 Å². The molecule has 0 saturated carbocycles. The van der Waals surface area contributed by atoms with Gasteiger partial charge in [0.1, 0.15) is 5.75 Å². The summed E-state index contributed by atoms with van der Waals surface area (Å²) in [6, 6.07) is 10.4. The number of hydrogen-bond acceptors (Lipinski definition) is 2. The van der Waals surface area contributed by atoms with Crippen molar-refractivity contribution in [3.05, 3.63) is 59.2 Å². The predicted molar refractivity (Wildman–Crippen MR) is 62.3 cm³/mol. The molecule has 2 rings (SSSR count). The molecule has 0 aliphatic rings. The lowest BCUT2D eigenvalue weighted by atomic mass is 10.2. The van der Waals surface area contributed by atoms with Gasteiger partial charge in [0.05, 0.1) is 11.6 Å². The van der Waals surface area contributed by atoms with E-state index in [0.29, 0.717) is 5.75 Å². The third-order valence-corrected chi connectivity index (χ3v) is 2.34. The maximum atomic E-state index is 13.6. The van der Waals surface area contributed by atoms with Crippen LogP contribution in [0, 0.1) is 29.9 Å². The highest BCUT2D eigenvalue weighted by molar-refractivity contribution is 5.40. The van der Waals surface area contributed by atoms with E-state index in [1.54, 1.807) is 24.3 Å². The standard InChI is InChI=1S/C14H9F2NO/c1-9-3-2-4-11(5-9)18-14-12(15)6-10(8-17)7-13(14)16/h2-7H,1H3. The molecule has 0 heterocycles. The third kappa shape index (κ3) is 2.46. The number of halogens is 2. The van der Waals surface area contributed by atoms with Crippen molar-refractivity contribution in [1.29, 1.82) is 5.26 Å². The Morgan fingerprint density at radius 1 is 1.11 bits per heavy atom. The van der Waals surface area contributed by atoms with Gasteiger partial charge in [-0.1, -0.05) is 12.1 Å². The van der Waals surface area contributed by atoms with Gasteiger partial charge < -0.3 is 4.74 Å². The second-order valence-electron chi connectivity index (χ2n) is 3.80. The molecule has 0 spiro atoms. The quantitative estimate of drug-likeness (QED) is 0.802. The number of aryl methyl sites for hydroxylation is 1. The Morgan fingerprint density at radius 2 is 1.78 bits per heavy atom. The molecule has 0 unspecified atom stereocenters. The van der Waals surface area contributed by atoms with Crippen molar-refractivity contribution in [1.82, 2.24) is 0 Å². The Balaban J connectivity index is 2.38. The monoisotopic (exact) mass is 245 g/mol. The molecule has 2 aromatic carbocycles. The van der Waals surface area contributed by atoms with Gasteiger partial charge in [0, 0.05) is 0 Å². The fraction of sp³-hybridized carbons (Fsp3) is 0.0714. The van der Waals surface area contributed by atoms with Crippen LogP contribution in [-0.4, -0.2) is 0 Å². The predicted octanol–water partition coefficient (Wildman–Crippen LogP) is 3.94. The van der Waals surface area contributed by atoms with Gasteiger partial charge in [-0.25, -0.2) is 8.78 Å². The van der Waals surface area contributed by atoms with Gasteiger partial charge >= 0.3 is 0 Å². The van der Waals surface area contributed by atoms with Crippen molar-refractivity contribution in [3.63, 3.8) is 0 Å². The van der Waals surface area contributed by atoms with E-state index in [4.69, 9.17) is 10.00 Å². The second kappa shape index (κ2) is 4.84. The molecule has 90 valence electrons. The smallest absolute Gasteiger partial charge is 0.198 e. The lowest BCUT2D eigenvalue weighted by Crippen LogP contribution is -1.94. The Hall–Kier alpha value is -2.41. The molecule has 0 aliphatic carbocycles. The average molecular weight is 245 g/mol. The fourth-order valence-electron chi connectivity index (χ4n) is 1.52. The summed E-state index contributed by atoms with van der Waals surface area (Å²) in [5.74, 6) is -1.95. The van der Waals surface area contributed by atoms with Crippen LogP contribution in [0.15, 0.2) is 36.4 Å². The van der Waals surface area contributed by atoms with Crippen LogP contribution < -0.4 is 4.74 Å². The van der Waals surface area contributed by atoms with Crippen molar-refractivity contribution in [2.75, 3.05) is 0 Å². The molecule has 2 aromatic rings. The van der Waals surface area contributed by atoms with E-state index in [0.717, 1.165) is 17.7 Å². The summed E-state index contributed by atoms with van der Waals surface area (Å²) in [5, 5.41) is 8.58. The van der Waals surface area contributed by atoms with Crippen molar-refractivity contribution < 1.29 is 13.5 Å². The highest BCUT2D eigenvalue weighted by atomic mass is 19.1. The van der Waals surface area contributed by atoms with E-state index in [1.165, 1.54) is 0 Å². The first-order valence-electron chi connectivity index (χ1n) is 5.24. The van der Waals surface area contributed by atoms with Gasteiger partial charge in [-0.05, 0) is 36.8 Å². The van der Waals surface area contributed by atoms with Crippen LogP contribution >= 0.6 is 0 Å². The van der Waals surface area contributed by atoms with Gasteiger partial charge in [-0.2, -0.15) is 5.26 Å². The summed E-state index contributed by atoms with van der Waals surface area (Å²) in [5.41, 5.74) is 0.837. The minimum atomic E-state index is -0.895. The van der Waals surface area contributed by atoms with Crippen molar-refractivity contribution in [3.8, 4) is 17.6 Å². The molecule has 18 heavy (non-hydrogen) atoms. The Kier molecular flexibility index (Phi) is 3.24. The summed E-state index contributed by atoms with van der Waals surface area (Å²) in [4.78, 5) is 0. The zero-order chi connectivity index (χ0) is 13.1. The number of nitrogens with zero attached hydrogens (tertiary/aromatic N) is 1. The average Bonchev–Trinajstić information content (AvgIpc) is 2.33. The fourth-order valence-corrected chi connectivity index (χ4v) is 1.52. The molecular formula is C14H9F2NO. The molecular weight excluding hydrogens is 236 g/mol. The highest BCUT2D eigenvalue weighted by Gasteiger charge is 2.13. The van der Waals surface area contributed by atoms with Crippen LogP contribution in [0.5, 0.6) is 11.5 Å². The SMILES string of the molecule is Cc1cccc(Oc2c(F)cc(C#N)cc2F)c1. The van der Waals surface area contributed by atoms with Gasteiger partial charge in [-0.3, -0.25) is 0 Å². The van der Waals surface area contributed by atoms with Crippen LogP contribution in [-0.2, 0) is 0 Å². The van der Waals surface area contributed by atoms with Gasteiger partial charge in [0.25, 0.3) is 0 Å². The molecule has 0 aromatic heterocycles. The summed E-state index contributed by atoms with van der Waals surface area (Å²) in [6.07, 6.45) is 0. The summed E-state index contributed by atoms with van der Waals surface area (Å²) >= 11 is 0. The van der Waals surface area contributed by atoms with Gasteiger partial charge in [0.15, 0.2) is 17.4 Å². The Labute approximate surface area is 103 Å². The van der Waals surface area contributed by atoms with Crippen molar-refractivity contribution in [2.45, 2.75) is 6.92 Å². The Bertz CT molecular complexity index is 609. The minimum absolute atomic E-state index is 0.0819. The zero-order valence-corrected chi connectivity index (χ0v) is 9.58. The topological polar surface area (TPSA) is 33.0 Å². The number of rotatable bonds is 2. The summed E-state index contributed by atoms with van der Waals surface area (Å²) in [7, 11) is 0.